The van der Waals surface area contributed by atoms with Gasteiger partial charge >= 0.3 is 0 Å². The summed E-state index contributed by atoms with van der Waals surface area (Å²) < 4.78 is 0.901. The average Bonchev–Trinajstić information content (AvgIpc) is 3.05. The fourth-order valence-corrected chi connectivity index (χ4v) is 3.96. The highest BCUT2D eigenvalue weighted by Crippen LogP contribution is 2.27. The molecule has 1 aliphatic carbocycles. The SMILES string of the molecule is CN=C(NCCNC(=O)c1cccc(Br)c1)NC1CCC(SC)C1. The van der Waals surface area contributed by atoms with Crippen molar-refractivity contribution in [2.24, 2.45) is 4.99 Å². The monoisotopic (exact) mass is 412 g/mol. The highest BCUT2D eigenvalue weighted by atomic mass is 79.9. The number of thioether (sulfide) groups is 1. The van der Waals surface area contributed by atoms with Crippen molar-refractivity contribution in [3.63, 3.8) is 0 Å². The maximum atomic E-state index is 12.1. The van der Waals surface area contributed by atoms with Gasteiger partial charge in [-0.15, -0.1) is 0 Å². The fraction of sp³-hybridized carbons (Fsp3) is 0.529. The van der Waals surface area contributed by atoms with E-state index in [-0.39, 0.29) is 5.91 Å². The van der Waals surface area contributed by atoms with Crippen molar-refractivity contribution < 1.29 is 4.79 Å². The van der Waals surface area contributed by atoms with Gasteiger partial charge in [-0.1, -0.05) is 22.0 Å². The number of benzene rings is 1. The second kappa shape index (κ2) is 9.93. The Kier molecular flexibility index (Phi) is 7.91. The van der Waals surface area contributed by atoms with Crippen LogP contribution in [0.2, 0.25) is 0 Å². The summed E-state index contributed by atoms with van der Waals surface area (Å²) in [5.74, 6) is 0.734. The molecule has 0 aromatic heterocycles. The Morgan fingerprint density at radius 2 is 2.12 bits per heavy atom. The van der Waals surface area contributed by atoms with Gasteiger partial charge in [0, 0.05) is 41.5 Å². The summed E-state index contributed by atoms with van der Waals surface area (Å²) in [6.45, 7) is 1.18. The molecule has 0 saturated heterocycles. The van der Waals surface area contributed by atoms with Crippen LogP contribution in [0.5, 0.6) is 0 Å². The number of halogens is 1. The second-order valence-electron chi connectivity index (χ2n) is 5.78. The highest BCUT2D eigenvalue weighted by molar-refractivity contribution is 9.10. The van der Waals surface area contributed by atoms with Crippen LogP contribution in [0.15, 0.2) is 33.7 Å². The summed E-state index contributed by atoms with van der Waals surface area (Å²) in [6.07, 6.45) is 5.81. The van der Waals surface area contributed by atoms with E-state index in [2.05, 4.69) is 43.1 Å². The first-order valence-corrected chi connectivity index (χ1v) is 10.2. The quantitative estimate of drug-likeness (QED) is 0.381. The topological polar surface area (TPSA) is 65.5 Å². The molecule has 1 aromatic carbocycles. The van der Waals surface area contributed by atoms with Crippen LogP contribution in [0.4, 0.5) is 0 Å². The third-order valence-corrected chi connectivity index (χ3v) is 5.66. The molecule has 2 atom stereocenters. The lowest BCUT2D eigenvalue weighted by Gasteiger charge is -2.17. The Morgan fingerprint density at radius 3 is 2.79 bits per heavy atom. The first-order chi connectivity index (χ1) is 11.6. The van der Waals surface area contributed by atoms with Crippen molar-refractivity contribution >= 4 is 39.6 Å². The van der Waals surface area contributed by atoms with E-state index in [1.54, 1.807) is 13.1 Å². The summed E-state index contributed by atoms with van der Waals surface area (Å²) >= 11 is 5.32. The smallest absolute Gasteiger partial charge is 0.251 e. The molecule has 2 rings (SSSR count). The van der Waals surface area contributed by atoms with Crippen LogP contribution in [0.25, 0.3) is 0 Å². The maximum Gasteiger partial charge on any atom is 0.251 e. The van der Waals surface area contributed by atoms with Gasteiger partial charge in [-0.25, -0.2) is 0 Å². The summed E-state index contributed by atoms with van der Waals surface area (Å²) in [7, 11) is 1.77. The van der Waals surface area contributed by atoms with Crippen LogP contribution >= 0.6 is 27.7 Å². The molecule has 132 valence electrons. The van der Waals surface area contributed by atoms with Gasteiger partial charge in [0.05, 0.1) is 0 Å². The molecule has 0 heterocycles. The van der Waals surface area contributed by atoms with Crippen LogP contribution in [0.3, 0.4) is 0 Å². The Hall–Kier alpha value is -1.21. The van der Waals surface area contributed by atoms with E-state index in [1.807, 2.05) is 30.0 Å². The molecule has 0 spiro atoms. The number of rotatable bonds is 6. The highest BCUT2D eigenvalue weighted by Gasteiger charge is 2.24. The maximum absolute atomic E-state index is 12.1. The van der Waals surface area contributed by atoms with Crippen molar-refractivity contribution in [3.05, 3.63) is 34.3 Å². The molecule has 5 nitrogen and oxygen atoms in total. The van der Waals surface area contributed by atoms with Crippen molar-refractivity contribution in [1.82, 2.24) is 16.0 Å². The number of carbonyl (C=O) groups excluding carboxylic acids is 1. The number of hydrogen-bond acceptors (Lipinski definition) is 3. The normalized spacial score (nSPS) is 20.7. The summed E-state index contributed by atoms with van der Waals surface area (Å²) in [6, 6.07) is 7.86. The van der Waals surface area contributed by atoms with E-state index in [1.165, 1.54) is 19.3 Å². The van der Waals surface area contributed by atoms with Crippen molar-refractivity contribution in [2.75, 3.05) is 26.4 Å². The molecule has 3 N–H and O–H groups in total. The predicted octanol–water partition coefficient (Wildman–Crippen LogP) is 2.63. The Bertz CT molecular complexity index is 581. The van der Waals surface area contributed by atoms with Gasteiger partial charge in [0.1, 0.15) is 0 Å². The van der Waals surface area contributed by atoms with Gasteiger partial charge in [0.2, 0.25) is 0 Å². The zero-order valence-corrected chi connectivity index (χ0v) is 16.5. The lowest BCUT2D eigenvalue weighted by molar-refractivity contribution is 0.0954. The number of carbonyl (C=O) groups is 1. The van der Waals surface area contributed by atoms with E-state index in [4.69, 9.17) is 0 Å². The molecule has 0 bridgehead atoms. The zero-order valence-electron chi connectivity index (χ0n) is 14.1. The largest absolute Gasteiger partial charge is 0.355 e. The van der Waals surface area contributed by atoms with Crippen LogP contribution < -0.4 is 16.0 Å². The second-order valence-corrected chi connectivity index (χ2v) is 7.83. The molecule has 1 aliphatic rings. The molecule has 1 amide bonds. The van der Waals surface area contributed by atoms with Gasteiger partial charge in [0.15, 0.2) is 5.96 Å². The van der Waals surface area contributed by atoms with Crippen molar-refractivity contribution in [1.29, 1.82) is 0 Å². The standard InChI is InChI=1S/C17H25BrN4OS/c1-19-17(22-14-6-7-15(11-14)24-2)21-9-8-20-16(23)12-4-3-5-13(18)10-12/h3-5,10,14-15H,6-9,11H2,1-2H3,(H,20,23)(H2,19,21,22). The van der Waals surface area contributed by atoms with Gasteiger partial charge in [-0.3, -0.25) is 9.79 Å². The van der Waals surface area contributed by atoms with Crippen molar-refractivity contribution in [3.8, 4) is 0 Å². The molecule has 1 saturated carbocycles. The lowest BCUT2D eigenvalue weighted by atomic mass is 10.2. The fourth-order valence-electron chi connectivity index (χ4n) is 2.76. The average molecular weight is 413 g/mol. The number of amides is 1. The minimum Gasteiger partial charge on any atom is -0.355 e. The Morgan fingerprint density at radius 1 is 1.33 bits per heavy atom. The first kappa shape index (κ1) is 19.1. The Labute approximate surface area is 156 Å². The summed E-state index contributed by atoms with van der Waals surface area (Å²) in [5, 5.41) is 10.4. The molecular weight excluding hydrogens is 388 g/mol. The molecule has 2 unspecified atom stereocenters. The van der Waals surface area contributed by atoms with Gasteiger partial charge in [-0.05, 0) is 43.7 Å². The molecule has 7 heteroatoms. The van der Waals surface area contributed by atoms with Crippen LogP contribution in [-0.4, -0.2) is 49.6 Å². The third-order valence-electron chi connectivity index (χ3n) is 4.07. The predicted molar refractivity (Wildman–Crippen MR) is 106 cm³/mol. The zero-order chi connectivity index (χ0) is 17.4. The number of nitrogens with zero attached hydrogens (tertiary/aromatic N) is 1. The minimum absolute atomic E-state index is 0.0698. The molecule has 0 aliphatic heterocycles. The minimum atomic E-state index is -0.0698. The number of aliphatic imine (C=N–C) groups is 1. The summed E-state index contributed by atoms with van der Waals surface area (Å²) in [4.78, 5) is 16.3. The Balaban J connectivity index is 1.68. The van der Waals surface area contributed by atoms with Gasteiger partial charge in [0.25, 0.3) is 5.91 Å². The number of guanidine groups is 1. The van der Waals surface area contributed by atoms with Crippen LogP contribution in [-0.2, 0) is 0 Å². The van der Waals surface area contributed by atoms with Crippen LogP contribution in [0.1, 0.15) is 29.6 Å². The van der Waals surface area contributed by atoms with E-state index in [0.717, 1.165) is 15.7 Å². The molecule has 1 aromatic rings. The van der Waals surface area contributed by atoms with Gasteiger partial charge < -0.3 is 16.0 Å². The van der Waals surface area contributed by atoms with Gasteiger partial charge in [-0.2, -0.15) is 11.8 Å². The third kappa shape index (κ3) is 6.02. The van der Waals surface area contributed by atoms with E-state index < -0.39 is 0 Å². The lowest BCUT2D eigenvalue weighted by Crippen LogP contribution is -2.45. The number of hydrogen-bond donors (Lipinski definition) is 3. The van der Waals surface area contributed by atoms with E-state index in [9.17, 15) is 4.79 Å². The van der Waals surface area contributed by atoms with E-state index >= 15 is 0 Å². The molecular formula is C17H25BrN4OS. The number of nitrogens with one attached hydrogen (secondary N) is 3. The van der Waals surface area contributed by atoms with Crippen LogP contribution in [0, 0.1) is 0 Å². The summed E-state index contributed by atoms with van der Waals surface area (Å²) in [5.41, 5.74) is 0.654. The van der Waals surface area contributed by atoms with E-state index in [0.29, 0.717) is 24.7 Å². The first-order valence-electron chi connectivity index (χ1n) is 8.16. The van der Waals surface area contributed by atoms with Crippen molar-refractivity contribution in [2.45, 2.75) is 30.6 Å². The molecule has 1 fully saturated rings. The molecule has 0 radical (unpaired) electrons. The molecule has 24 heavy (non-hydrogen) atoms.